The number of ether oxygens (including phenoxy) is 2. The first-order valence-electron chi connectivity index (χ1n) is 7.03. The molecule has 0 unspecified atom stereocenters. The third kappa shape index (κ3) is 4.41. The largest absolute Gasteiger partial charge is 0.493 e. The zero-order valence-corrected chi connectivity index (χ0v) is 13.1. The van der Waals surface area contributed by atoms with Crippen LogP contribution >= 0.6 is 0 Å². The van der Waals surface area contributed by atoms with Crippen molar-refractivity contribution in [1.29, 1.82) is 0 Å². The highest BCUT2D eigenvalue weighted by atomic mass is 19.3. The zero-order chi connectivity index (χ0) is 17.7. The normalized spacial score (nSPS) is 10.6. The lowest BCUT2D eigenvalue weighted by molar-refractivity contribution is -0.0512. The zero-order valence-electron chi connectivity index (χ0n) is 13.1. The summed E-state index contributed by atoms with van der Waals surface area (Å²) >= 11 is 0. The van der Waals surface area contributed by atoms with Crippen LogP contribution in [-0.4, -0.2) is 31.6 Å². The van der Waals surface area contributed by atoms with Gasteiger partial charge in [-0.3, -0.25) is 4.79 Å². The van der Waals surface area contributed by atoms with Crippen molar-refractivity contribution in [3.05, 3.63) is 59.4 Å². The Bertz CT molecular complexity index is 722. The molecule has 1 amide bonds. The number of benzene rings is 2. The SMILES string of the molecule is COc1ccc(C(=O)N(C)Cc2cccc(F)c2)cc1OC(F)F. The number of hydrogen-bond acceptors (Lipinski definition) is 3. The van der Waals surface area contributed by atoms with Crippen molar-refractivity contribution in [2.75, 3.05) is 14.2 Å². The van der Waals surface area contributed by atoms with Crippen LogP contribution in [0.15, 0.2) is 42.5 Å². The number of halogens is 3. The summed E-state index contributed by atoms with van der Waals surface area (Å²) in [4.78, 5) is 13.8. The first kappa shape index (κ1) is 17.7. The van der Waals surface area contributed by atoms with Gasteiger partial charge < -0.3 is 14.4 Å². The average molecular weight is 339 g/mol. The van der Waals surface area contributed by atoms with Gasteiger partial charge in [0.25, 0.3) is 5.91 Å². The van der Waals surface area contributed by atoms with Gasteiger partial charge in [0, 0.05) is 19.2 Å². The van der Waals surface area contributed by atoms with Gasteiger partial charge in [-0.2, -0.15) is 8.78 Å². The monoisotopic (exact) mass is 339 g/mol. The number of amides is 1. The summed E-state index contributed by atoms with van der Waals surface area (Å²) in [5.74, 6) is -0.941. The highest BCUT2D eigenvalue weighted by Crippen LogP contribution is 2.30. The molecule has 0 bridgehead atoms. The number of nitrogens with zero attached hydrogens (tertiary/aromatic N) is 1. The lowest BCUT2D eigenvalue weighted by atomic mass is 10.1. The Labute approximate surface area is 137 Å². The van der Waals surface area contributed by atoms with E-state index in [-0.39, 0.29) is 23.6 Å². The fourth-order valence-electron chi connectivity index (χ4n) is 2.20. The van der Waals surface area contributed by atoms with Gasteiger partial charge in [-0.05, 0) is 35.9 Å². The minimum absolute atomic E-state index is 0.0969. The van der Waals surface area contributed by atoms with Crippen LogP contribution in [0.1, 0.15) is 15.9 Å². The summed E-state index contributed by atoms with van der Waals surface area (Å²) in [6, 6.07) is 9.88. The van der Waals surface area contributed by atoms with Crippen molar-refractivity contribution >= 4 is 5.91 Å². The topological polar surface area (TPSA) is 38.8 Å². The molecule has 0 aromatic heterocycles. The molecule has 0 aliphatic carbocycles. The maximum Gasteiger partial charge on any atom is 0.387 e. The molecule has 4 nitrogen and oxygen atoms in total. The summed E-state index contributed by atoms with van der Waals surface area (Å²) in [5.41, 5.74) is 0.772. The van der Waals surface area contributed by atoms with Gasteiger partial charge in [-0.1, -0.05) is 12.1 Å². The van der Waals surface area contributed by atoms with Crippen LogP contribution in [-0.2, 0) is 6.54 Å². The smallest absolute Gasteiger partial charge is 0.387 e. The van der Waals surface area contributed by atoms with Gasteiger partial charge in [-0.15, -0.1) is 0 Å². The Morgan fingerprint density at radius 2 is 1.92 bits per heavy atom. The first-order valence-corrected chi connectivity index (χ1v) is 7.03. The number of methoxy groups -OCH3 is 1. The molecule has 128 valence electrons. The predicted octanol–water partition coefficient (Wildman–Crippen LogP) is 3.71. The molecule has 2 rings (SSSR count). The van der Waals surface area contributed by atoms with E-state index >= 15 is 0 Å². The van der Waals surface area contributed by atoms with Gasteiger partial charge in [0.1, 0.15) is 5.82 Å². The summed E-state index contributed by atoms with van der Waals surface area (Å²) in [6.45, 7) is -2.86. The van der Waals surface area contributed by atoms with Crippen LogP contribution in [0.4, 0.5) is 13.2 Å². The molecule has 0 fully saturated rings. The molecule has 0 aliphatic rings. The van der Waals surface area contributed by atoms with Gasteiger partial charge in [-0.25, -0.2) is 4.39 Å². The third-order valence-corrected chi connectivity index (χ3v) is 3.28. The number of alkyl halides is 2. The highest BCUT2D eigenvalue weighted by Gasteiger charge is 2.17. The minimum Gasteiger partial charge on any atom is -0.493 e. The van der Waals surface area contributed by atoms with Crippen molar-refractivity contribution in [2.24, 2.45) is 0 Å². The molecular weight excluding hydrogens is 323 g/mol. The van der Waals surface area contributed by atoms with Crippen molar-refractivity contribution in [1.82, 2.24) is 4.90 Å². The number of rotatable bonds is 6. The maximum absolute atomic E-state index is 13.2. The van der Waals surface area contributed by atoms with Crippen LogP contribution in [0, 0.1) is 5.82 Å². The summed E-state index contributed by atoms with van der Waals surface area (Å²) in [5, 5.41) is 0. The van der Waals surface area contributed by atoms with Crippen molar-refractivity contribution < 1.29 is 27.4 Å². The molecule has 0 heterocycles. The lowest BCUT2D eigenvalue weighted by Gasteiger charge is -2.18. The Morgan fingerprint density at radius 1 is 1.17 bits per heavy atom. The Hall–Kier alpha value is -2.70. The molecule has 0 N–H and O–H groups in total. The van der Waals surface area contributed by atoms with E-state index < -0.39 is 18.3 Å². The molecule has 2 aromatic carbocycles. The van der Waals surface area contributed by atoms with Crippen LogP contribution < -0.4 is 9.47 Å². The van der Waals surface area contributed by atoms with Gasteiger partial charge >= 0.3 is 6.61 Å². The van der Waals surface area contributed by atoms with Crippen molar-refractivity contribution in [3.8, 4) is 11.5 Å². The number of carbonyl (C=O) groups excluding carboxylic acids is 1. The molecule has 0 aliphatic heterocycles. The molecule has 0 spiro atoms. The Morgan fingerprint density at radius 3 is 2.54 bits per heavy atom. The van der Waals surface area contributed by atoms with E-state index in [0.717, 1.165) is 0 Å². The lowest BCUT2D eigenvalue weighted by Crippen LogP contribution is -2.26. The minimum atomic E-state index is -3.03. The van der Waals surface area contributed by atoms with Gasteiger partial charge in [0.2, 0.25) is 0 Å². The summed E-state index contributed by atoms with van der Waals surface area (Å²) < 4.78 is 47.4. The second-order valence-corrected chi connectivity index (χ2v) is 5.04. The fourth-order valence-corrected chi connectivity index (χ4v) is 2.20. The Balaban J connectivity index is 2.18. The fraction of sp³-hybridized carbons (Fsp3) is 0.235. The van der Waals surface area contributed by atoms with Gasteiger partial charge in [0.15, 0.2) is 11.5 Å². The molecule has 0 saturated carbocycles. The molecule has 24 heavy (non-hydrogen) atoms. The summed E-state index contributed by atoms with van der Waals surface area (Å²) in [6.07, 6.45) is 0. The molecule has 0 atom stereocenters. The van der Waals surface area contributed by atoms with Crippen LogP contribution in [0.25, 0.3) is 0 Å². The van der Waals surface area contributed by atoms with E-state index in [0.29, 0.717) is 5.56 Å². The molecule has 0 saturated heterocycles. The number of carbonyl (C=O) groups is 1. The van der Waals surface area contributed by atoms with Crippen LogP contribution in [0.3, 0.4) is 0 Å². The van der Waals surface area contributed by atoms with Crippen LogP contribution in [0.2, 0.25) is 0 Å². The van der Waals surface area contributed by atoms with Gasteiger partial charge in [0.05, 0.1) is 7.11 Å². The molecular formula is C17H16F3NO3. The Kier molecular flexibility index (Phi) is 5.68. The van der Waals surface area contributed by atoms with E-state index in [1.165, 1.54) is 49.4 Å². The first-order chi connectivity index (χ1) is 11.4. The van der Waals surface area contributed by atoms with Crippen LogP contribution in [0.5, 0.6) is 11.5 Å². The van der Waals surface area contributed by atoms with E-state index in [4.69, 9.17) is 4.74 Å². The second kappa shape index (κ2) is 7.72. The predicted molar refractivity (Wildman–Crippen MR) is 81.8 cm³/mol. The maximum atomic E-state index is 13.2. The van der Waals surface area contributed by atoms with E-state index in [2.05, 4.69) is 4.74 Å². The highest BCUT2D eigenvalue weighted by molar-refractivity contribution is 5.94. The quantitative estimate of drug-likeness (QED) is 0.805. The molecule has 2 aromatic rings. The van der Waals surface area contributed by atoms with E-state index in [9.17, 15) is 18.0 Å². The third-order valence-electron chi connectivity index (χ3n) is 3.28. The number of hydrogen-bond donors (Lipinski definition) is 0. The van der Waals surface area contributed by atoms with Crippen molar-refractivity contribution in [2.45, 2.75) is 13.2 Å². The van der Waals surface area contributed by atoms with Crippen molar-refractivity contribution in [3.63, 3.8) is 0 Å². The molecule has 0 radical (unpaired) electrons. The molecule has 7 heteroatoms. The average Bonchev–Trinajstić information content (AvgIpc) is 2.53. The standard InChI is InChI=1S/C17H16F3NO3/c1-21(10-11-4-3-5-13(18)8-11)16(22)12-6-7-14(23-2)15(9-12)24-17(19)20/h3-9,17H,10H2,1-2H3. The van der Waals surface area contributed by atoms with E-state index in [1.54, 1.807) is 12.1 Å². The van der Waals surface area contributed by atoms with E-state index in [1.807, 2.05) is 0 Å². The second-order valence-electron chi connectivity index (χ2n) is 5.04. The summed E-state index contributed by atoms with van der Waals surface area (Å²) in [7, 11) is 2.84.